The third-order valence-corrected chi connectivity index (χ3v) is 2.42. The molecule has 7 nitrogen and oxygen atoms in total. The monoisotopic (exact) mass is 253 g/mol. The molecule has 0 aromatic heterocycles. The van der Waals surface area contributed by atoms with E-state index in [0.717, 1.165) is 6.07 Å². The molecule has 1 aromatic rings. The standard InChI is InChI=1S/C11H15N3O4/c1-2-7(10(12)14-18)13-11(17)6-3-4-8(15)9(16)5-6/h3-5,7,15-16,18H,2H2,1H3,(H2,12,14)(H,13,17). The average Bonchev–Trinajstić information content (AvgIpc) is 2.37. The van der Waals surface area contributed by atoms with Crippen molar-refractivity contribution in [1.82, 2.24) is 5.32 Å². The highest BCUT2D eigenvalue weighted by atomic mass is 16.4. The van der Waals surface area contributed by atoms with Crippen LogP contribution in [0.1, 0.15) is 23.7 Å². The van der Waals surface area contributed by atoms with Gasteiger partial charge in [0, 0.05) is 5.56 Å². The van der Waals surface area contributed by atoms with Crippen LogP contribution in [0.15, 0.2) is 23.4 Å². The largest absolute Gasteiger partial charge is 0.504 e. The van der Waals surface area contributed by atoms with Crippen LogP contribution in [0.25, 0.3) is 0 Å². The van der Waals surface area contributed by atoms with E-state index in [-0.39, 0.29) is 22.9 Å². The molecule has 1 unspecified atom stereocenters. The zero-order chi connectivity index (χ0) is 13.7. The first-order chi connectivity index (χ1) is 8.49. The van der Waals surface area contributed by atoms with Crippen LogP contribution in [0.5, 0.6) is 11.5 Å². The van der Waals surface area contributed by atoms with Crippen molar-refractivity contribution in [3.8, 4) is 11.5 Å². The molecule has 1 amide bonds. The summed E-state index contributed by atoms with van der Waals surface area (Å²) in [4.78, 5) is 11.8. The van der Waals surface area contributed by atoms with Gasteiger partial charge in [0.15, 0.2) is 17.3 Å². The van der Waals surface area contributed by atoms with Gasteiger partial charge in [-0.2, -0.15) is 0 Å². The molecule has 0 heterocycles. The number of nitrogens with one attached hydrogen (secondary N) is 1. The highest BCUT2D eigenvalue weighted by Gasteiger charge is 2.16. The van der Waals surface area contributed by atoms with Gasteiger partial charge in [0.05, 0.1) is 6.04 Å². The lowest BCUT2D eigenvalue weighted by atomic mass is 10.1. The minimum atomic E-state index is -0.599. The second-order valence-corrected chi connectivity index (χ2v) is 3.66. The molecule has 7 heteroatoms. The highest BCUT2D eigenvalue weighted by Crippen LogP contribution is 2.24. The summed E-state index contributed by atoms with van der Waals surface area (Å²) >= 11 is 0. The molecule has 0 fully saturated rings. The number of hydrogen-bond donors (Lipinski definition) is 5. The van der Waals surface area contributed by atoms with Crippen LogP contribution in [0, 0.1) is 0 Å². The first-order valence-electron chi connectivity index (χ1n) is 5.29. The third-order valence-electron chi connectivity index (χ3n) is 2.42. The predicted octanol–water partition coefficient (Wildman–Crippen LogP) is 0.353. The smallest absolute Gasteiger partial charge is 0.252 e. The van der Waals surface area contributed by atoms with Crippen LogP contribution in [0.2, 0.25) is 0 Å². The molecule has 1 rings (SSSR count). The van der Waals surface area contributed by atoms with Crippen molar-refractivity contribution in [2.45, 2.75) is 19.4 Å². The summed E-state index contributed by atoms with van der Waals surface area (Å²) in [5.41, 5.74) is 5.57. The topological polar surface area (TPSA) is 128 Å². The first-order valence-corrected chi connectivity index (χ1v) is 5.29. The van der Waals surface area contributed by atoms with Crippen molar-refractivity contribution in [2.24, 2.45) is 10.9 Å². The number of phenols is 2. The van der Waals surface area contributed by atoms with Gasteiger partial charge in [0.1, 0.15) is 0 Å². The second-order valence-electron chi connectivity index (χ2n) is 3.66. The number of hydrogen-bond acceptors (Lipinski definition) is 5. The molecule has 0 bridgehead atoms. The van der Waals surface area contributed by atoms with E-state index < -0.39 is 11.9 Å². The number of nitrogens with two attached hydrogens (primary N) is 1. The Morgan fingerprint density at radius 1 is 1.44 bits per heavy atom. The van der Waals surface area contributed by atoms with E-state index in [1.807, 2.05) is 0 Å². The lowest BCUT2D eigenvalue weighted by Crippen LogP contribution is -2.44. The second kappa shape index (κ2) is 5.76. The van der Waals surface area contributed by atoms with E-state index in [4.69, 9.17) is 16.0 Å². The number of nitrogens with zero attached hydrogens (tertiary/aromatic N) is 1. The van der Waals surface area contributed by atoms with Gasteiger partial charge in [-0.05, 0) is 24.6 Å². The lowest BCUT2D eigenvalue weighted by Gasteiger charge is -2.15. The third kappa shape index (κ3) is 3.03. The Labute approximate surface area is 104 Å². The molecule has 6 N–H and O–H groups in total. The van der Waals surface area contributed by atoms with Gasteiger partial charge in [-0.25, -0.2) is 0 Å². The molecule has 0 saturated carbocycles. The number of amides is 1. The van der Waals surface area contributed by atoms with E-state index in [1.54, 1.807) is 6.92 Å². The number of phenolic OH excluding ortho intramolecular Hbond substituents is 2. The molecule has 1 atom stereocenters. The van der Waals surface area contributed by atoms with Gasteiger partial charge in [-0.3, -0.25) is 4.79 Å². The minimum Gasteiger partial charge on any atom is -0.504 e. The zero-order valence-corrected chi connectivity index (χ0v) is 9.79. The lowest BCUT2D eigenvalue weighted by molar-refractivity contribution is 0.0945. The summed E-state index contributed by atoms with van der Waals surface area (Å²) in [6.07, 6.45) is 0.450. The van der Waals surface area contributed by atoms with E-state index in [2.05, 4.69) is 10.5 Å². The summed E-state index contributed by atoms with van der Waals surface area (Å²) in [5, 5.41) is 32.3. The normalized spacial score (nSPS) is 13.1. The molecule has 0 aliphatic heterocycles. The number of amidine groups is 1. The van der Waals surface area contributed by atoms with Crippen LogP contribution < -0.4 is 11.1 Å². The fourth-order valence-electron chi connectivity index (χ4n) is 1.36. The maximum absolute atomic E-state index is 11.8. The number of oxime groups is 1. The van der Waals surface area contributed by atoms with Crippen molar-refractivity contribution >= 4 is 11.7 Å². The minimum absolute atomic E-state index is 0.103. The number of carbonyl (C=O) groups excluding carboxylic acids is 1. The zero-order valence-electron chi connectivity index (χ0n) is 9.79. The molecule has 0 radical (unpaired) electrons. The number of carbonyl (C=O) groups is 1. The van der Waals surface area contributed by atoms with Crippen molar-refractivity contribution in [2.75, 3.05) is 0 Å². The number of aromatic hydroxyl groups is 2. The summed E-state index contributed by atoms with van der Waals surface area (Å²) in [5.74, 6) is -1.30. The van der Waals surface area contributed by atoms with Gasteiger partial charge in [0.2, 0.25) is 0 Å². The Morgan fingerprint density at radius 3 is 2.61 bits per heavy atom. The molecule has 0 aliphatic carbocycles. The summed E-state index contributed by atoms with van der Waals surface area (Å²) < 4.78 is 0. The van der Waals surface area contributed by atoms with E-state index in [9.17, 15) is 9.90 Å². The number of benzene rings is 1. The average molecular weight is 253 g/mol. The van der Waals surface area contributed by atoms with Gasteiger partial charge < -0.3 is 26.5 Å². The molecule has 1 aromatic carbocycles. The quantitative estimate of drug-likeness (QED) is 0.174. The Hall–Kier alpha value is -2.44. The van der Waals surface area contributed by atoms with Crippen LogP contribution in [-0.4, -0.2) is 33.2 Å². The van der Waals surface area contributed by atoms with Crippen LogP contribution in [-0.2, 0) is 0 Å². The molecule has 98 valence electrons. The Kier molecular flexibility index (Phi) is 4.36. The maximum Gasteiger partial charge on any atom is 0.252 e. The van der Waals surface area contributed by atoms with Gasteiger partial charge in [0.25, 0.3) is 5.91 Å². The van der Waals surface area contributed by atoms with Crippen molar-refractivity contribution in [3.05, 3.63) is 23.8 Å². The molecule has 0 spiro atoms. The Morgan fingerprint density at radius 2 is 2.11 bits per heavy atom. The highest BCUT2D eigenvalue weighted by molar-refractivity contribution is 5.98. The maximum atomic E-state index is 11.8. The SMILES string of the molecule is CCC(NC(=O)c1ccc(O)c(O)c1)/C(N)=N/O. The molecular formula is C11H15N3O4. The molecule has 0 saturated heterocycles. The van der Waals surface area contributed by atoms with Crippen LogP contribution in [0.4, 0.5) is 0 Å². The predicted molar refractivity (Wildman–Crippen MR) is 64.7 cm³/mol. The fraction of sp³-hybridized carbons (Fsp3) is 0.273. The fourth-order valence-corrected chi connectivity index (χ4v) is 1.36. The van der Waals surface area contributed by atoms with Gasteiger partial charge in [-0.1, -0.05) is 12.1 Å². The van der Waals surface area contributed by atoms with Crippen molar-refractivity contribution < 1.29 is 20.2 Å². The van der Waals surface area contributed by atoms with Crippen LogP contribution >= 0.6 is 0 Å². The molecule has 0 aliphatic rings. The van der Waals surface area contributed by atoms with Crippen molar-refractivity contribution in [1.29, 1.82) is 0 Å². The number of rotatable bonds is 4. The summed E-state index contributed by atoms with van der Waals surface area (Å²) in [7, 11) is 0. The van der Waals surface area contributed by atoms with E-state index >= 15 is 0 Å². The molecule has 18 heavy (non-hydrogen) atoms. The van der Waals surface area contributed by atoms with Crippen LogP contribution in [0.3, 0.4) is 0 Å². The van der Waals surface area contributed by atoms with Crippen molar-refractivity contribution in [3.63, 3.8) is 0 Å². The van der Waals surface area contributed by atoms with Gasteiger partial charge >= 0.3 is 0 Å². The molecular weight excluding hydrogens is 238 g/mol. The summed E-state index contributed by atoms with van der Waals surface area (Å²) in [6.45, 7) is 1.76. The summed E-state index contributed by atoms with van der Waals surface area (Å²) in [6, 6.07) is 3.08. The van der Waals surface area contributed by atoms with E-state index in [1.165, 1.54) is 12.1 Å². The Balaban J connectivity index is 2.84. The Bertz CT molecular complexity index is 473. The van der Waals surface area contributed by atoms with Gasteiger partial charge in [-0.15, -0.1) is 0 Å². The van der Waals surface area contributed by atoms with E-state index in [0.29, 0.717) is 6.42 Å². The first kappa shape index (κ1) is 13.6.